The molecule has 0 amide bonds. The highest BCUT2D eigenvalue weighted by Crippen LogP contribution is 2.23. The van der Waals surface area contributed by atoms with Crippen LogP contribution in [-0.2, 0) is 23.8 Å². The minimum Gasteiger partial charge on any atom is -0.357 e. The molecule has 1 heterocycles. The summed E-state index contributed by atoms with van der Waals surface area (Å²) in [6.45, 7) is 10.0. The Balaban J connectivity index is 0.00000364. The fourth-order valence-corrected chi connectivity index (χ4v) is 5.69. The van der Waals surface area contributed by atoms with E-state index in [4.69, 9.17) is 4.99 Å². The predicted octanol–water partition coefficient (Wildman–Crippen LogP) is 4.09. The van der Waals surface area contributed by atoms with Crippen LogP contribution in [0.2, 0.25) is 0 Å². The summed E-state index contributed by atoms with van der Waals surface area (Å²) in [5.41, 5.74) is 0. The second-order valence-corrected chi connectivity index (χ2v) is 10.5. The Bertz CT molecular complexity index is 606. The van der Waals surface area contributed by atoms with Gasteiger partial charge in [-0.15, -0.1) is 35.3 Å². The van der Waals surface area contributed by atoms with E-state index in [1.54, 1.807) is 11.3 Å². The van der Waals surface area contributed by atoms with Crippen molar-refractivity contribution >= 4 is 52.1 Å². The Hall–Kier alpha value is -0.220. The fraction of sp³-hybridized carbons (Fsp3) is 0.789. The molecule has 1 aromatic rings. The lowest BCUT2D eigenvalue weighted by Gasteiger charge is -2.30. The zero-order valence-corrected chi connectivity index (χ0v) is 21.0. The highest BCUT2D eigenvalue weighted by Gasteiger charge is 2.26. The highest BCUT2D eigenvalue weighted by molar-refractivity contribution is 14.0. The number of nitrogens with one attached hydrogen (secondary N) is 2. The van der Waals surface area contributed by atoms with Gasteiger partial charge in [0.05, 0.1) is 11.6 Å². The molecule has 1 aliphatic rings. The SMILES string of the molecule is CCNC(=NCc1cnc(CC(C)C)s1)NC1CCCC(S(=O)CC)C1.I. The second-order valence-electron chi connectivity index (χ2n) is 7.31. The van der Waals surface area contributed by atoms with Crippen LogP contribution in [0, 0.1) is 5.92 Å². The zero-order chi connectivity index (χ0) is 18.9. The van der Waals surface area contributed by atoms with Crippen LogP contribution < -0.4 is 10.6 Å². The van der Waals surface area contributed by atoms with E-state index in [2.05, 4.69) is 36.4 Å². The number of nitrogens with zero attached hydrogens (tertiary/aromatic N) is 2. The van der Waals surface area contributed by atoms with Crippen molar-refractivity contribution < 1.29 is 4.21 Å². The molecule has 27 heavy (non-hydrogen) atoms. The Kier molecular flexibility index (Phi) is 12.0. The molecule has 3 unspecified atom stereocenters. The van der Waals surface area contributed by atoms with Gasteiger partial charge in [0.2, 0.25) is 0 Å². The summed E-state index contributed by atoms with van der Waals surface area (Å²) in [5, 5.41) is 8.43. The maximum Gasteiger partial charge on any atom is 0.191 e. The maximum absolute atomic E-state index is 12.1. The van der Waals surface area contributed by atoms with E-state index in [1.165, 1.54) is 9.88 Å². The number of aromatic nitrogens is 1. The first-order valence-electron chi connectivity index (χ1n) is 9.87. The Labute approximate surface area is 188 Å². The third-order valence-electron chi connectivity index (χ3n) is 4.54. The van der Waals surface area contributed by atoms with Crippen molar-refractivity contribution in [2.45, 2.75) is 77.6 Å². The monoisotopic (exact) mass is 526 g/mol. The number of hydrogen-bond donors (Lipinski definition) is 2. The van der Waals surface area contributed by atoms with Crippen LogP contribution in [0.1, 0.15) is 63.3 Å². The van der Waals surface area contributed by atoms with E-state index in [9.17, 15) is 4.21 Å². The first-order chi connectivity index (χ1) is 12.5. The molecule has 3 atom stereocenters. The topological polar surface area (TPSA) is 66.4 Å². The standard InChI is InChI=1S/C19H34N4OS2.HI/c1-5-20-19(22-13-16-12-21-18(25-16)10-14(3)4)23-15-8-7-9-17(11-15)26(24)6-2;/h12,14-15,17H,5-11,13H2,1-4H3,(H2,20,22,23);1H. The van der Waals surface area contributed by atoms with Crippen molar-refractivity contribution in [1.29, 1.82) is 0 Å². The van der Waals surface area contributed by atoms with Gasteiger partial charge in [-0.25, -0.2) is 9.98 Å². The summed E-state index contributed by atoms with van der Waals surface area (Å²) in [5.74, 6) is 2.25. The molecular formula is C19H35IN4OS2. The van der Waals surface area contributed by atoms with Crippen LogP contribution in [0.4, 0.5) is 0 Å². The highest BCUT2D eigenvalue weighted by atomic mass is 127. The zero-order valence-electron chi connectivity index (χ0n) is 17.0. The molecule has 2 rings (SSSR count). The first kappa shape index (κ1) is 24.8. The third-order valence-corrected chi connectivity index (χ3v) is 7.29. The molecule has 0 radical (unpaired) electrons. The van der Waals surface area contributed by atoms with E-state index in [-0.39, 0.29) is 24.0 Å². The van der Waals surface area contributed by atoms with E-state index in [0.717, 1.165) is 50.4 Å². The van der Waals surface area contributed by atoms with Crippen molar-refractivity contribution in [2.75, 3.05) is 12.3 Å². The number of rotatable bonds is 8. The van der Waals surface area contributed by atoms with Crippen molar-refractivity contribution in [3.8, 4) is 0 Å². The molecule has 0 aliphatic heterocycles. The normalized spacial score (nSPS) is 21.6. The number of hydrogen-bond acceptors (Lipinski definition) is 4. The molecule has 1 fully saturated rings. The molecule has 0 spiro atoms. The average molecular weight is 527 g/mol. The minimum absolute atomic E-state index is 0. The summed E-state index contributed by atoms with van der Waals surface area (Å²) in [6.07, 6.45) is 7.32. The minimum atomic E-state index is -0.695. The number of halogens is 1. The maximum atomic E-state index is 12.1. The second kappa shape index (κ2) is 13.1. The third kappa shape index (κ3) is 8.77. The van der Waals surface area contributed by atoms with Crippen LogP contribution in [0.25, 0.3) is 0 Å². The van der Waals surface area contributed by atoms with Crippen LogP contribution >= 0.6 is 35.3 Å². The lowest BCUT2D eigenvalue weighted by Crippen LogP contribution is -2.46. The molecule has 8 heteroatoms. The van der Waals surface area contributed by atoms with Gasteiger partial charge in [-0.3, -0.25) is 4.21 Å². The van der Waals surface area contributed by atoms with Crippen LogP contribution in [0.5, 0.6) is 0 Å². The quantitative estimate of drug-likeness (QED) is 0.304. The molecule has 0 aromatic carbocycles. The van der Waals surface area contributed by atoms with Gasteiger partial charge < -0.3 is 10.6 Å². The summed E-state index contributed by atoms with van der Waals surface area (Å²) >= 11 is 1.76. The Morgan fingerprint density at radius 2 is 2.19 bits per heavy atom. The van der Waals surface area contributed by atoms with Gasteiger partial charge in [0.15, 0.2) is 5.96 Å². The summed E-state index contributed by atoms with van der Waals surface area (Å²) in [7, 11) is -0.695. The van der Waals surface area contributed by atoms with E-state index >= 15 is 0 Å². The summed E-state index contributed by atoms with van der Waals surface area (Å²) in [4.78, 5) is 10.5. The van der Waals surface area contributed by atoms with Crippen molar-refractivity contribution in [3.63, 3.8) is 0 Å². The first-order valence-corrected chi connectivity index (χ1v) is 12.1. The average Bonchev–Trinajstić information content (AvgIpc) is 3.06. The molecule has 0 saturated heterocycles. The van der Waals surface area contributed by atoms with Crippen LogP contribution in [0.15, 0.2) is 11.2 Å². The van der Waals surface area contributed by atoms with E-state index in [1.807, 2.05) is 13.1 Å². The molecule has 1 aliphatic carbocycles. The predicted molar refractivity (Wildman–Crippen MR) is 129 cm³/mol. The number of guanidine groups is 1. The van der Waals surface area contributed by atoms with Crippen molar-refractivity contribution in [1.82, 2.24) is 15.6 Å². The van der Waals surface area contributed by atoms with Crippen molar-refractivity contribution in [3.05, 3.63) is 16.1 Å². The van der Waals surface area contributed by atoms with Crippen LogP contribution in [0.3, 0.4) is 0 Å². The molecule has 2 N–H and O–H groups in total. The van der Waals surface area contributed by atoms with Gasteiger partial charge >= 0.3 is 0 Å². The Morgan fingerprint density at radius 3 is 2.85 bits per heavy atom. The van der Waals surface area contributed by atoms with Gasteiger partial charge in [-0.05, 0) is 32.1 Å². The molecule has 1 aromatic heterocycles. The number of thiazole rings is 1. The molecule has 156 valence electrons. The smallest absolute Gasteiger partial charge is 0.191 e. The number of aliphatic imine (C=N–C) groups is 1. The van der Waals surface area contributed by atoms with Gasteiger partial charge in [-0.2, -0.15) is 0 Å². The van der Waals surface area contributed by atoms with Gasteiger partial charge in [0, 0.05) is 51.9 Å². The molecular weight excluding hydrogens is 491 g/mol. The molecule has 5 nitrogen and oxygen atoms in total. The van der Waals surface area contributed by atoms with Crippen molar-refractivity contribution in [2.24, 2.45) is 10.9 Å². The molecule has 1 saturated carbocycles. The van der Waals surface area contributed by atoms with Gasteiger partial charge in [-0.1, -0.05) is 27.2 Å². The lowest BCUT2D eigenvalue weighted by atomic mass is 9.95. The van der Waals surface area contributed by atoms with E-state index < -0.39 is 10.8 Å². The Morgan fingerprint density at radius 1 is 1.41 bits per heavy atom. The van der Waals surface area contributed by atoms with E-state index in [0.29, 0.717) is 23.8 Å². The van der Waals surface area contributed by atoms with Gasteiger partial charge in [0.1, 0.15) is 0 Å². The van der Waals surface area contributed by atoms with Crippen LogP contribution in [-0.4, -0.2) is 38.7 Å². The molecule has 0 bridgehead atoms. The fourth-order valence-electron chi connectivity index (χ4n) is 3.29. The van der Waals surface area contributed by atoms with Gasteiger partial charge in [0.25, 0.3) is 0 Å². The summed E-state index contributed by atoms with van der Waals surface area (Å²) in [6, 6.07) is 0.361. The lowest BCUT2D eigenvalue weighted by molar-refractivity contribution is 0.413. The largest absolute Gasteiger partial charge is 0.357 e. The summed E-state index contributed by atoms with van der Waals surface area (Å²) < 4.78 is 12.1.